The molecule has 2 fully saturated rings. The molecule has 2 atom stereocenters. The van der Waals surface area contributed by atoms with Crippen LogP contribution in [0.4, 0.5) is 0 Å². The fourth-order valence-electron chi connectivity index (χ4n) is 3.62. The van der Waals surface area contributed by atoms with E-state index >= 15 is 0 Å². The van der Waals surface area contributed by atoms with Crippen LogP contribution in [0.15, 0.2) is 0 Å². The first-order valence-electron chi connectivity index (χ1n) is 6.61. The maximum absolute atomic E-state index is 6.06. The Morgan fingerprint density at radius 2 is 1.87 bits per heavy atom. The van der Waals surface area contributed by atoms with Crippen molar-refractivity contribution in [3.8, 4) is 0 Å². The van der Waals surface area contributed by atoms with Crippen molar-refractivity contribution in [3.05, 3.63) is 0 Å². The summed E-state index contributed by atoms with van der Waals surface area (Å²) in [7, 11) is 0. The Morgan fingerprint density at radius 1 is 1.20 bits per heavy atom. The number of hydrogen-bond acceptors (Lipinski definition) is 2. The first-order valence-corrected chi connectivity index (χ1v) is 6.61. The van der Waals surface area contributed by atoms with E-state index in [4.69, 9.17) is 10.5 Å². The van der Waals surface area contributed by atoms with Crippen molar-refractivity contribution in [2.75, 3.05) is 13.2 Å². The first kappa shape index (κ1) is 11.4. The minimum atomic E-state index is 0.310. The highest BCUT2D eigenvalue weighted by molar-refractivity contribution is 4.96. The molecule has 2 unspecified atom stereocenters. The highest BCUT2D eigenvalue weighted by atomic mass is 16.5. The molecule has 2 nitrogen and oxygen atoms in total. The highest BCUT2D eigenvalue weighted by Gasteiger charge is 2.45. The third-order valence-corrected chi connectivity index (χ3v) is 4.79. The molecule has 88 valence electrons. The second-order valence-electron chi connectivity index (χ2n) is 5.39. The van der Waals surface area contributed by atoms with Gasteiger partial charge in [-0.15, -0.1) is 0 Å². The maximum atomic E-state index is 6.06. The average Bonchev–Trinajstić information content (AvgIpc) is 2.49. The van der Waals surface area contributed by atoms with Gasteiger partial charge in [-0.05, 0) is 32.1 Å². The van der Waals surface area contributed by atoms with Crippen LogP contribution in [0.25, 0.3) is 0 Å². The lowest BCUT2D eigenvalue weighted by Gasteiger charge is -2.38. The van der Waals surface area contributed by atoms with E-state index < -0.39 is 0 Å². The van der Waals surface area contributed by atoms with Crippen molar-refractivity contribution in [3.63, 3.8) is 0 Å². The van der Waals surface area contributed by atoms with Gasteiger partial charge >= 0.3 is 0 Å². The van der Waals surface area contributed by atoms with Crippen molar-refractivity contribution in [2.24, 2.45) is 17.1 Å². The van der Waals surface area contributed by atoms with Gasteiger partial charge in [0.2, 0.25) is 0 Å². The minimum absolute atomic E-state index is 0.310. The van der Waals surface area contributed by atoms with E-state index in [2.05, 4.69) is 6.92 Å². The quantitative estimate of drug-likeness (QED) is 0.713. The Bertz CT molecular complexity index is 199. The van der Waals surface area contributed by atoms with Gasteiger partial charge in [0.1, 0.15) is 0 Å². The number of ether oxygens (including phenoxy) is 1. The molecule has 0 bridgehead atoms. The van der Waals surface area contributed by atoms with Gasteiger partial charge in [0.25, 0.3) is 0 Å². The Balaban J connectivity index is 2.09. The van der Waals surface area contributed by atoms with Crippen molar-refractivity contribution < 1.29 is 4.74 Å². The van der Waals surface area contributed by atoms with E-state index in [-0.39, 0.29) is 0 Å². The molecule has 1 heterocycles. The van der Waals surface area contributed by atoms with Gasteiger partial charge in [0, 0.05) is 18.6 Å². The Hall–Kier alpha value is -0.0800. The van der Waals surface area contributed by atoms with Crippen LogP contribution in [-0.2, 0) is 4.74 Å². The normalized spacial score (nSPS) is 39.2. The molecule has 15 heavy (non-hydrogen) atoms. The van der Waals surface area contributed by atoms with Crippen molar-refractivity contribution >= 4 is 0 Å². The molecule has 2 N–H and O–H groups in total. The van der Waals surface area contributed by atoms with Crippen LogP contribution in [0, 0.1) is 11.3 Å². The second-order valence-corrected chi connectivity index (χ2v) is 5.39. The second kappa shape index (κ2) is 4.84. The van der Waals surface area contributed by atoms with Crippen molar-refractivity contribution in [1.29, 1.82) is 0 Å². The molecular weight excluding hydrogens is 186 g/mol. The van der Waals surface area contributed by atoms with Crippen LogP contribution in [-0.4, -0.2) is 19.3 Å². The lowest BCUT2D eigenvalue weighted by atomic mass is 9.68. The molecule has 0 aromatic carbocycles. The number of hydrogen-bond donors (Lipinski definition) is 1. The summed E-state index contributed by atoms with van der Waals surface area (Å²) in [4.78, 5) is 0. The Morgan fingerprint density at radius 3 is 2.33 bits per heavy atom. The van der Waals surface area contributed by atoms with Gasteiger partial charge < -0.3 is 10.5 Å². The fraction of sp³-hybridized carbons (Fsp3) is 1.00. The summed E-state index contributed by atoms with van der Waals surface area (Å²) in [6.07, 6.45) is 9.98. The predicted octanol–water partition coefficient (Wildman–Crippen LogP) is 2.71. The van der Waals surface area contributed by atoms with Crippen LogP contribution in [0.2, 0.25) is 0 Å². The molecule has 2 rings (SSSR count). The summed E-state index contributed by atoms with van der Waals surface area (Å²) in [5, 5.41) is 0. The zero-order chi connectivity index (χ0) is 10.7. The van der Waals surface area contributed by atoms with Gasteiger partial charge in [0.05, 0.1) is 6.10 Å². The van der Waals surface area contributed by atoms with Gasteiger partial charge in [-0.1, -0.05) is 25.7 Å². The number of nitrogens with two attached hydrogens (primary N) is 1. The van der Waals surface area contributed by atoms with E-state index in [1.807, 2.05) is 0 Å². The monoisotopic (exact) mass is 211 g/mol. The number of rotatable bonds is 2. The molecule has 1 saturated carbocycles. The molecule has 0 spiro atoms. The Labute approximate surface area is 93.6 Å². The van der Waals surface area contributed by atoms with E-state index in [1.54, 1.807) is 0 Å². The van der Waals surface area contributed by atoms with E-state index in [0.717, 1.165) is 19.1 Å². The maximum Gasteiger partial charge on any atom is 0.0618 e. The van der Waals surface area contributed by atoms with Crippen LogP contribution < -0.4 is 5.73 Å². The smallest absolute Gasteiger partial charge is 0.0618 e. The summed E-state index contributed by atoms with van der Waals surface area (Å²) >= 11 is 0. The van der Waals surface area contributed by atoms with E-state index in [9.17, 15) is 0 Å². The molecule has 0 aromatic heterocycles. The van der Waals surface area contributed by atoms with Crippen LogP contribution in [0.3, 0.4) is 0 Å². The van der Waals surface area contributed by atoms with Crippen LogP contribution >= 0.6 is 0 Å². The Kier molecular flexibility index (Phi) is 3.68. The standard InChI is InChI=1S/C13H25NO/c1-11-13(10-14,8-9-15-11)12-6-4-2-3-5-7-12/h11-12H,2-10,14H2,1H3. The topological polar surface area (TPSA) is 35.2 Å². The van der Waals surface area contributed by atoms with E-state index in [0.29, 0.717) is 11.5 Å². The molecule has 2 heteroatoms. The molecular formula is C13H25NO. The van der Waals surface area contributed by atoms with Crippen LogP contribution in [0.5, 0.6) is 0 Å². The van der Waals surface area contributed by atoms with Gasteiger partial charge in [-0.25, -0.2) is 0 Å². The highest BCUT2D eigenvalue weighted by Crippen LogP contribution is 2.46. The van der Waals surface area contributed by atoms with Crippen molar-refractivity contribution in [2.45, 2.75) is 58.0 Å². The first-order chi connectivity index (χ1) is 7.29. The summed E-state index contributed by atoms with van der Waals surface area (Å²) < 4.78 is 5.77. The predicted molar refractivity (Wildman–Crippen MR) is 62.7 cm³/mol. The molecule has 1 aliphatic heterocycles. The summed E-state index contributed by atoms with van der Waals surface area (Å²) in [6.45, 7) is 3.97. The zero-order valence-electron chi connectivity index (χ0n) is 10.0. The lowest BCUT2D eigenvalue weighted by Crippen LogP contribution is -2.43. The third kappa shape index (κ3) is 2.07. The van der Waals surface area contributed by atoms with Crippen LogP contribution in [0.1, 0.15) is 51.9 Å². The summed E-state index contributed by atoms with van der Waals surface area (Å²) in [5.41, 5.74) is 6.37. The SMILES string of the molecule is CC1OCCC1(CN)C1CCCCCC1. The lowest BCUT2D eigenvalue weighted by molar-refractivity contribution is 0.0278. The average molecular weight is 211 g/mol. The fourth-order valence-corrected chi connectivity index (χ4v) is 3.62. The third-order valence-electron chi connectivity index (χ3n) is 4.79. The van der Waals surface area contributed by atoms with E-state index in [1.165, 1.54) is 44.9 Å². The molecule has 0 aromatic rings. The minimum Gasteiger partial charge on any atom is -0.378 e. The molecule has 0 amide bonds. The molecule has 2 aliphatic rings. The summed E-state index contributed by atoms with van der Waals surface area (Å²) in [5.74, 6) is 0.822. The largest absolute Gasteiger partial charge is 0.378 e. The van der Waals surface area contributed by atoms with Gasteiger partial charge in [0.15, 0.2) is 0 Å². The van der Waals surface area contributed by atoms with Crippen molar-refractivity contribution in [1.82, 2.24) is 0 Å². The van der Waals surface area contributed by atoms with Gasteiger partial charge in [-0.3, -0.25) is 0 Å². The molecule has 1 aliphatic carbocycles. The summed E-state index contributed by atoms with van der Waals surface area (Å²) in [6, 6.07) is 0. The molecule has 1 saturated heterocycles. The molecule has 0 radical (unpaired) electrons. The van der Waals surface area contributed by atoms with Gasteiger partial charge in [-0.2, -0.15) is 0 Å². The zero-order valence-corrected chi connectivity index (χ0v) is 10.0.